The zero-order valence-electron chi connectivity index (χ0n) is 8.79. The summed E-state index contributed by atoms with van der Waals surface area (Å²) in [6.07, 6.45) is -0.765. The van der Waals surface area contributed by atoms with Gasteiger partial charge >= 0.3 is 10.1 Å². The molecule has 8 nitrogen and oxygen atoms in total. The minimum atomic E-state index is -4.87. The van der Waals surface area contributed by atoms with Gasteiger partial charge in [-0.05, 0) is 7.05 Å². The summed E-state index contributed by atoms with van der Waals surface area (Å²) >= 11 is 0. The van der Waals surface area contributed by atoms with Crippen LogP contribution in [0.15, 0.2) is 0 Å². The molecule has 0 fully saturated rings. The van der Waals surface area contributed by atoms with E-state index in [0.29, 0.717) is 0 Å². The summed E-state index contributed by atoms with van der Waals surface area (Å²) in [6, 6.07) is 0. The van der Waals surface area contributed by atoms with Crippen LogP contribution in [0.2, 0.25) is 0 Å². The van der Waals surface area contributed by atoms with E-state index in [1.807, 2.05) is 5.32 Å². The summed E-state index contributed by atoms with van der Waals surface area (Å²) in [7, 11) is -3.79. The van der Waals surface area contributed by atoms with Gasteiger partial charge in [-0.2, -0.15) is 8.42 Å². The number of rotatable bonds is 7. The van der Waals surface area contributed by atoms with Crippen LogP contribution >= 0.6 is 0 Å². The fraction of sp³-hybridized carbons (Fsp3) is 1.00. The number of hydrogen-bond donors (Lipinski definition) is 6. The van der Waals surface area contributed by atoms with E-state index in [0.717, 1.165) is 7.05 Å². The Balaban J connectivity index is 5.18. The van der Waals surface area contributed by atoms with Crippen LogP contribution < -0.4 is 5.32 Å². The van der Waals surface area contributed by atoms with E-state index in [2.05, 4.69) is 0 Å². The molecule has 0 saturated heterocycles. The number of nitrogens with one attached hydrogen (secondary N) is 1. The molecule has 0 aliphatic rings. The molecular formula is C7H17NO7S. The fourth-order valence-electron chi connectivity index (χ4n) is 1.13. The molecule has 9 heteroatoms. The Morgan fingerprint density at radius 2 is 1.50 bits per heavy atom. The van der Waals surface area contributed by atoms with Crippen molar-refractivity contribution in [2.24, 2.45) is 5.41 Å². The molecule has 0 rings (SSSR count). The SMILES string of the molecule is CNC(O)(CC(CO)(CO)CO)S(=O)(=O)O. The van der Waals surface area contributed by atoms with Crippen molar-refractivity contribution in [1.29, 1.82) is 0 Å². The number of hydrogen-bond acceptors (Lipinski definition) is 7. The van der Waals surface area contributed by atoms with Crippen molar-refractivity contribution >= 4 is 10.1 Å². The van der Waals surface area contributed by atoms with Gasteiger partial charge in [-0.15, -0.1) is 0 Å². The van der Waals surface area contributed by atoms with Crippen molar-refractivity contribution in [2.45, 2.75) is 11.5 Å². The van der Waals surface area contributed by atoms with E-state index in [1.165, 1.54) is 0 Å². The first-order valence-electron chi connectivity index (χ1n) is 4.41. The zero-order chi connectivity index (χ0) is 13.0. The van der Waals surface area contributed by atoms with Gasteiger partial charge < -0.3 is 20.4 Å². The Labute approximate surface area is 93.3 Å². The van der Waals surface area contributed by atoms with Gasteiger partial charge in [0.2, 0.25) is 5.06 Å². The van der Waals surface area contributed by atoms with E-state index in [4.69, 9.17) is 19.9 Å². The van der Waals surface area contributed by atoms with Gasteiger partial charge in [-0.3, -0.25) is 9.87 Å². The maximum Gasteiger partial charge on any atom is 0.309 e. The summed E-state index contributed by atoms with van der Waals surface area (Å²) in [5.74, 6) is 0. The molecule has 0 aromatic carbocycles. The number of aliphatic hydroxyl groups excluding tert-OH is 3. The van der Waals surface area contributed by atoms with Gasteiger partial charge in [0.05, 0.1) is 19.8 Å². The van der Waals surface area contributed by atoms with Crippen LogP contribution in [-0.4, -0.2) is 65.3 Å². The van der Waals surface area contributed by atoms with E-state index in [9.17, 15) is 13.5 Å². The molecule has 0 aromatic heterocycles. The molecular weight excluding hydrogens is 242 g/mol. The first kappa shape index (κ1) is 15.7. The van der Waals surface area contributed by atoms with Crippen LogP contribution in [0, 0.1) is 5.41 Å². The van der Waals surface area contributed by atoms with E-state index in [1.54, 1.807) is 0 Å². The highest BCUT2D eigenvalue weighted by atomic mass is 32.2. The Kier molecular flexibility index (Phi) is 5.26. The van der Waals surface area contributed by atoms with E-state index < -0.39 is 46.8 Å². The maximum atomic E-state index is 10.9. The highest BCUT2D eigenvalue weighted by Crippen LogP contribution is 2.29. The van der Waals surface area contributed by atoms with Crippen LogP contribution in [0.5, 0.6) is 0 Å². The molecule has 0 spiro atoms. The molecule has 0 bridgehead atoms. The molecule has 0 aliphatic heterocycles. The second-order valence-corrected chi connectivity index (χ2v) is 5.29. The first-order chi connectivity index (χ1) is 7.20. The third kappa shape index (κ3) is 3.10. The van der Waals surface area contributed by atoms with Crippen molar-refractivity contribution in [2.75, 3.05) is 26.9 Å². The lowest BCUT2D eigenvalue weighted by Crippen LogP contribution is -2.55. The summed E-state index contributed by atoms with van der Waals surface area (Å²) in [5.41, 5.74) is -1.62. The third-order valence-electron chi connectivity index (χ3n) is 2.44. The summed E-state index contributed by atoms with van der Waals surface area (Å²) in [6.45, 7) is -2.25. The molecule has 16 heavy (non-hydrogen) atoms. The molecule has 0 saturated carbocycles. The Morgan fingerprint density at radius 1 is 1.12 bits per heavy atom. The van der Waals surface area contributed by atoms with Gasteiger partial charge in [0.25, 0.3) is 0 Å². The molecule has 0 aromatic rings. The molecule has 0 aliphatic carbocycles. The Morgan fingerprint density at radius 3 is 1.69 bits per heavy atom. The summed E-state index contributed by atoms with van der Waals surface area (Å²) in [4.78, 5) is 0. The molecule has 0 amide bonds. The third-order valence-corrected chi connectivity index (χ3v) is 3.64. The Hall–Kier alpha value is -0.290. The van der Waals surface area contributed by atoms with Crippen molar-refractivity contribution in [3.8, 4) is 0 Å². The fourth-order valence-corrected chi connectivity index (χ4v) is 1.88. The van der Waals surface area contributed by atoms with Crippen molar-refractivity contribution in [3.63, 3.8) is 0 Å². The van der Waals surface area contributed by atoms with Crippen LogP contribution in [0.25, 0.3) is 0 Å². The zero-order valence-corrected chi connectivity index (χ0v) is 9.61. The average molecular weight is 259 g/mol. The van der Waals surface area contributed by atoms with Crippen molar-refractivity contribution < 1.29 is 33.4 Å². The van der Waals surface area contributed by atoms with E-state index >= 15 is 0 Å². The quantitative estimate of drug-likeness (QED) is 0.211. The molecule has 1 atom stereocenters. The lowest BCUT2D eigenvalue weighted by molar-refractivity contribution is -0.0521. The van der Waals surface area contributed by atoms with Crippen LogP contribution in [0.3, 0.4) is 0 Å². The van der Waals surface area contributed by atoms with Gasteiger partial charge in [-0.25, -0.2) is 0 Å². The van der Waals surface area contributed by atoms with Crippen LogP contribution in [0.1, 0.15) is 6.42 Å². The topological polar surface area (TPSA) is 147 Å². The molecule has 0 heterocycles. The van der Waals surface area contributed by atoms with Crippen molar-refractivity contribution in [3.05, 3.63) is 0 Å². The van der Waals surface area contributed by atoms with Gasteiger partial charge in [0.1, 0.15) is 0 Å². The molecule has 6 N–H and O–H groups in total. The molecule has 1 unspecified atom stereocenters. The average Bonchev–Trinajstić information content (AvgIpc) is 2.24. The highest BCUT2D eigenvalue weighted by Gasteiger charge is 2.47. The predicted molar refractivity (Wildman–Crippen MR) is 53.9 cm³/mol. The minimum Gasteiger partial charge on any atom is -0.396 e. The highest BCUT2D eigenvalue weighted by molar-refractivity contribution is 7.87. The van der Waals surface area contributed by atoms with Crippen LogP contribution in [-0.2, 0) is 10.1 Å². The van der Waals surface area contributed by atoms with Crippen molar-refractivity contribution in [1.82, 2.24) is 5.32 Å². The van der Waals surface area contributed by atoms with Crippen LogP contribution in [0.4, 0.5) is 0 Å². The summed E-state index contributed by atoms with van der Waals surface area (Å²) in [5, 5.41) is 35.7. The lowest BCUT2D eigenvalue weighted by atomic mass is 9.86. The molecule has 0 radical (unpaired) electrons. The Bertz CT molecular complexity index is 304. The van der Waals surface area contributed by atoms with Gasteiger partial charge in [-0.1, -0.05) is 0 Å². The first-order valence-corrected chi connectivity index (χ1v) is 5.85. The number of aliphatic hydroxyl groups is 4. The second-order valence-electron chi connectivity index (χ2n) is 3.66. The monoisotopic (exact) mass is 259 g/mol. The van der Waals surface area contributed by atoms with E-state index in [-0.39, 0.29) is 0 Å². The molecule has 98 valence electrons. The second kappa shape index (κ2) is 5.36. The normalized spacial score (nSPS) is 17.1. The maximum absolute atomic E-state index is 10.9. The standard InChI is InChI=1S/C7H17NO7S/c1-8-7(12,16(13,14)15)2-6(3-9,4-10)5-11/h8-12H,2-5H2,1H3,(H,13,14,15). The van der Waals surface area contributed by atoms with Gasteiger partial charge in [0, 0.05) is 11.8 Å². The predicted octanol–water partition coefficient (Wildman–Crippen LogP) is -2.91. The minimum absolute atomic E-state index is 0.750. The smallest absolute Gasteiger partial charge is 0.309 e. The lowest BCUT2D eigenvalue weighted by Gasteiger charge is -2.35. The largest absolute Gasteiger partial charge is 0.396 e. The van der Waals surface area contributed by atoms with Gasteiger partial charge in [0.15, 0.2) is 0 Å². The summed E-state index contributed by atoms with van der Waals surface area (Å²) < 4.78 is 30.6.